The first kappa shape index (κ1) is 15.3. The molecule has 5 nitrogen and oxygen atoms in total. The maximum absolute atomic E-state index is 11.5. The number of aliphatic hydroxyl groups excluding tert-OH is 1. The number of hydrogen-bond acceptors (Lipinski definition) is 5. The van der Waals surface area contributed by atoms with E-state index in [-0.39, 0.29) is 17.5 Å². The fourth-order valence-electron chi connectivity index (χ4n) is 2.31. The first-order valence-corrected chi connectivity index (χ1v) is 8.47. The third kappa shape index (κ3) is 3.31. The number of sulfone groups is 1. The lowest BCUT2D eigenvalue weighted by Crippen LogP contribution is -2.30. The van der Waals surface area contributed by atoms with Gasteiger partial charge in [0.25, 0.3) is 0 Å². The van der Waals surface area contributed by atoms with Gasteiger partial charge in [-0.1, -0.05) is 12.1 Å². The summed E-state index contributed by atoms with van der Waals surface area (Å²) in [5, 5.41) is 12.9. The summed E-state index contributed by atoms with van der Waals surface area (Å²) in [6, 6.07) is 6.02. The molecule has 1 fully saturated rings. The quantitative estimate of drug-likeness (QED) is 0.860. The van der Waals surface area contributed by atoms with E-state index in [1.165, 1.54) is 0 Å². The molecule has 3 atom stereocenters. The van der Waals surface area contributed by atoms with Crippen LogP contribution in [0.25, 0.3) is 0 Å². The largest absolute Gasteiger partial charge is 0.486 e. The van der Waals surface area contributed by atoms with Crippen molar-refractivity contribution in [1.29, 1.82) is 0 Å². The number of benzene rings is 1. The minimum Gasteiger partial charge on any atom is -0.486 e. The normalized spacial score (nSPS) is 26.4. The van der Waals surface area contributed by atoms with Gasteiger partial charge in [-0.3, -0.25) is 0 Å². The fraction of sp³-hybridized carbons (Fsp3) is 0.571. The number of nitrogens with one attached hydrogen (secondary N) is 1. The zero-order valence-electron chi connectivity index (χ0n) is 12.0. The molecule has 6 heteroatoms. The molecule has 20 heavy (non-hydrogen) atoms. The van der Waals surface area contributed by atoms with Gasteiger partial charge in [0.2, 0.25) is 0 Å². The molecule has 1 saturated heterocycles. The molecule has 1 aromatic rings. The molecule has 0 aromatic heterocycles. The molecule has 0 amide bonds. The van der Waals surface area contributed by atoms with E-state index in [1.54, 1.807) is 0 Å². The molecule has 112 valence electrons. The number of rotatable bonds is 4. The van der Waals surface area contributed by atoms with Gasteiger partial charge < -0.3 is 15.2 Å². The van der Waals surface area contributed by atoms with Crippen molar-refractivity contribution in [1.82, 2.24) is 5.32 Å². The third-order valence-corrected chi connectivity index (χ3v) is 5.37. The van der Waals surface area contributed by atoms with E-state index in [2.05, 4.69) is 12.2 Å². The highest BCUT2D eigenvalue weighted by Gasteiger charge is 2.38. The molecule has 1 heterocycles. The lowest BCUT2D eigenvalue weighted by Gasteiger charge is -2.19. The van der Waals surface area contributed by atoms with Crippen LogP contribution in [-0.2, 0) is 9.84 Å². The van der Waals surface area contributed by atoms with Gasteiger partial charge in [0.05, 0.1) is 11.5 Å². The Morgan fingerprint density at radius 1 is 1.40 bits per heavy atom. The second-order valence-electron chi connectivity index (χ2n) is 5.34. The van der Waals surface area contributed by atoms with Crippen molar-refractivity contribution in [2.75, 3.05) is 18.6 Å². The Morgan fingerprint density at radius 2 is 2.10 bits per heavy atom. The summed E-state index contributed by atoms with van der Waals surface area (Å²) in [5.41, 5.74) is 2.07. The van der Waals surface area contributed by atoms with Crippen LogP contribution in [0, 0.1) is 6.92 Å². The third-order valence-electron chi connectivity index (χ3n) is 3.68. The van der Waals surface area contributed by atoms with Crippen molar-refractivity contribution in [3.05, 3.63) is 29.3 Å². The van der Waals surface area contributed by atoms with Gasteiger partial charge in [-0.15, -0.1) is 0 Å². The monoisotopic (exact) mass is 299 g/mol. The molecule has 0 bridgehead atoms. The van der Waals surface area contributed by atoms with Crippen molar-refractivity contribution < 1.29 is 18.3 Å². The van der Waals surface area contributed by atoms with Gasteiger partial charge in [0, 0.05) is 6.04 Å². The van der Waals surface area contributed by atoms with E-state index >= 15 is 0 Å². The molecule has 2 N–H and O–H groups in total. The van der Waals surface area contributed by atoms with Gasteiger partial charge in [-0.25, -0.2) is 8.42 Å². The van der Waals surface area contributed by atoms with E-state index in [0.29, 0.717) is 5.75 Å². The Labute approximate surface area is 119 Å². The summed E-state index contributed by atoms with van der Waals surface area (Å²) >= 11 is 0. The van der Waals surface area contributed by atoms with Crippen LogP contribution in [0.15, 0.2) is 18.2 Å². The molecule has 0 radical (unpaired) electrons. The molecule has 0 spiro atoms. The predicted octanol–water partition coefficient (Wildman–Crippen LogP) is 0.812. The Balaban J connectivity index is 2.15. The maximum atomic E-state index is 11.5. The lowest BCUT2D eigenvalue weighted by molar-refractivity contribution is 0.0733. The molecular weight excluding hydrogens is 278 g/mol. The first-order chi connectivity index (χ1) is 9.32. The van der Waals surface area contributed by atoms with Crippen molar-refractivity contribution in [2.45, 2.75) is 32.1 Å². The Kier molecular flexibility index (Phi) is 4.36. The van der Waals surface area contributed by atoms with E-state index in [9.17, 15) is 13.5 Å². The van der Waals surface area contributed by atoms with Crippen LogP contribution in [0.3, 0.4) is 0 Å². The average Bonchev–Trinajstić information content (AvgIpc) is 2.63. The van der Waals surface area contributed by atoms with Crippen LogP contribution in [0.1, 0.15) is 24.1 Å². The topological polar surface area (TPSA) is 75.6 Å². The minimum absolute atomic E-state index is 0.123. The standard InChI is InChI=1S/C14H21NO4S/c1-9-6-11(10(2)15-3)4-5-13(9)19-14-8-20(17,18)7-12(14)16/h4-6,10,12,14-16H,7-8H2,1-3H3. The number of ether oxygens (including phenoxy) is 1. The number of aliphatic hydroxyl groups is 1. The second kappa shape index (κ2) is 5.71. The van der Waals surface area contributed by atoms with Gasteiger partial charge in [0.15, 0.2) is 9.84 Å². The summed E-state index contributed by atoms with van der Waals surface area (Å²) in [4.78, 5) is 0. The van der Waals surface area contributed by atoms with Gasteiger partial charge in [-0.05, 0) is 38.1 Å². The lowest BCUT2D eigenvalue weighted by atomic mass is 10.1. The Morgan fingerprint density at radius 3 is 2.60 bits per heavy atom. The van der Waals surface area contributed by atoms with E-state index < -0.39 is 22.0 Å². The highest BCUT2D eigenvalue weighted by atomic mass is 32.2. The highest BCUT2D eigenvalue weighted by Crippen LogP contribution is 2.26. The fourth-order valence-corrected chi connectivity index (χ4v) is 3.98. The molecule has 3 unspecified atom stereocenters. The first-order valence-electron chi connectivity index (χ1n) is 6.65. The van der Waals surface area contributed by atoms with Gasteiger partial charge >= 0.3 is 0 Å². The Bertz CT molecular complexity index is 585. The number of aryl methyl sites for hydroxylation is 1. The zero-order chi connectivity index (χ0) is 14.9. The van der Waals surface area contributed by atoms with Crippen molar-refractivity contribution in [2.24, 2.45) is 0 Å². The summed E-state index contributed by atoms with van der Waals surface area (Å²) < 4.78 is 28.6. The van der Waals surface area contributed by atoms with Gasteiger partial charge in [-0.2, -0.15) is 0 Å². The second-order valence-corrected chi connectivity index (χ2v) is 7.49. The molecule has 0 saturated carbocycles. The van der Waals surface area contributed by atoms with Crippen molar-refractivity contribution in [3.63, 3.8) is 0 Å². The van der Waals surface area contributed by atoms with E-state index in [4.69, 9.17) is 4.74 Å². The van der Waals surface area contributed by atoms with E-state index in [0.717, 1.165) is 11.1 Å². The van der Waals surface area contributed by atoms with Crippen LogP contribution in [-0.4, -0.2) is 44.3 Å². The summed E-state index contributed by atoms with van der Waals surface area (Å²) in [6.07, 6.45) is -1.62. The predicted molar refractivity (Wildman–Crippen MR) is 77.7 cm³/mol. The molecule has 2 rings (SSSR count). The summed E-state index contributed by atoms with van der Waals surface area (Å²) in [5.74, 6) is 0.284. The summed E-state index contributed by atoms with van der Waals surface area (Å²) in [7, 11) is -1.30. The van der Waals surface area contributed by atoms with Crippen LogP contribution >= 0.6 is 0 Å². The SMILES string of the molecule is CNC(C)c1ccc(OC2CS(=O)(=O)CC2O)c(C)c1. The minimum atomic E-state index is -3.19. The van der Waals surface area contributed by atoms with Crippen LogP contribution in [0.4, 0.5) is 0 Å². The number of hydrogen-bond donors (Lipinski definition) is 2. The van der Waals surface area contributed by atoms with Gasteiger partial charge in [0.1, 0.15) is 18.0 Å². The van der Waals surface area contributed by atoms with Crippen molar-refractivity contribution >= 4 is 9.84 Å². The van der Waals surface area contributed by atoms with Crippen LogP contribution < -0.4 is 10.1 Å². The van der Waals surface area contributed by atoms with E-state index in [1.807, 2.05) is 32.2 Å². The average molecular weight is 299 g/mol. The van der Waals surface area contributed by atoms with Crippen molar-refractivity contribution in [3.8, 4) is 5.75 Å². The molecular formula is C14H21NO4S. The zero-order valence-corrected chi connectivity index (χ0v) is 12.8. The van der Waals surface area contributed by atoms with Crippen LogP contribution in [0.2, 0.25) is 0 Å². The molecule has 0 aliphatic carbocycles. The Hall–Kier alpha value is -1.11. The molecule has 1 aliphatic rings. The van der Waals surface area contributed by atoms with Crippen LogP contribution in [0.5, 0.6) is 5.75 Å². The summed E-state index contributed by atoms with van der Waals surface area (Å²) in [6.45, 7) is 3.97. The molecule has 1 aliphatic heterocycles. The maximum Gasteiger partial charge on any atom is 0.156 e. The molecule has 1 aromatic carbocycles. The highest BCUT2D eigenvalue weighted by molar-refractivity contribution is 7.91. The smallest absolute Gasteiger partial charge is 0.156 e.